The second-order valence-electron chi connectivity index (χ2n) is 4.82. The zero-order valence-electron chi connectivity index (χ0n) is 11.3. The SMILES string of the molecule is CC(NC(=O)C(C)C(C)N)C(=O)N1CCOCC1. The predicted octanol–water partition coefficient (Wildman–Crippen LogP) is -0.667. The van der Waals surface area contributed by atoms with Crippen molar-refractivity contribution in [2.75, 3.05) is 26.3 Å². The van der Waals surface area contributed by atoms with Crippen molar-refractivity contribution >= 4 is 11.8 Å². The average molecular weight is 257 g/mol. The molecule has 0 aromatic heterocycles. The van der Waals surface area contributed by atoms with Gasteiger partial charge < -0.3 is 20.7 Å². The first-order valence-corrected chi connectivity index (χ1v) is 6.36. The first kappa shape index (κ1) is 14.9. The molecule has 3 N–H and O–H groups in total. The molecule has 0 bridgehead atoms. The van der Waals surface area contributed by atoms with Crippen molar-refractivity contribution in [3.63, 3.8) is 0 Å². The van der Waals surface area contributed by atoms with Crippen molar-refractivity contribution < 1.29 is 14.3 Å². The number of hydrogen-bond donors (Lipinski definition) is 2. The molecule has 0 radical (unpaired) electrons. The smallest absolute Gasteiger partial charge is 0.245 e. The van der Waals surface area contributed by atoms with Gasteiger partial charge >= 0.3 is 0 Å². The van der Waals surface area contributed by atoms with Gasteiger partial charge in [-0.15, -0.1) is 0 Å². The first-order valence-electron chi connectivity index (χ1n) is 6.36. The topological polar surface area (TPSA) is 84.7 Å². The number of rotatable bonds is 4. The Morgan fingerprint density at radius 3 is 2.28 bits per heavy atom. The van der Waals surface area contributed by atoms with E-state index in [0.29, 0.717) is 26.3 Å². The lowest BCUT2D eigenvalue weighted by molar-refractivity contribution is -0.140. The fourth-order valence-electron chi connectivity index (χ4n) is 1.70. The number of hydrogen-bond acceptors (Lipinski definition) is 4. The van der Waals surface area contributed by atoms with Gasteiger partial charge in [-0.2, -0.15) is 0 Å². The van der Waals surface area contributed by atoms with E-state index in [0.717, 1.165) is 0 Å². The van der Waals surface area contributed by atoms with Gasteiger partial charge in [-0.05, 0) is 13.8 Å². The highest BCUT2D eigenvalue weighted by Gasteiger charge is 2.26. The Bertz CT molecular complexity index is 301. The number of ether oxygens (including phenoxy) is 1. The molecule has 1 aliphatic heterocycles. The van der Waals surface area contributed by atoms with Crippen LogP contribution in [-0.2, 0) is 14.3 Å². The maximum atomic E-state index is 12.1. The van der Waals surface area contributed by atoms with Gasteiger partial charge in [0.05, 0.1) is 13.2 Å². The minimum absolute atomic E-state index is 0.0662. The molecule has 0 saturated carbocycles. The number of carbonyl (C=O) groups excluding carboxylic acids is 2. The largest absolute Gasteiger partial charge is 0.378 e. The average Bonchev–Trinajstić information content (AvgIpc) is 2.37. The molecule has 18 heavy (non-hydrogen) atoms. The molecule has 1 fully saturated rings. The van der Waals surface area contributed by atoms with Gasteiger partial charge in [-0.25, -0.2) is 0 Å². The van der Waals surface area contributed by atoms with Crippen molar-refractivity contribution in [2.24, 2.45) is 11.7 Å². The van der Waals surface area contributed by atoms with Crippen LogP contribution in [0.4, 0.5) is 0 Å². The molecule has 0 aliphatic carbocycles. The van der Waals surface area contributed by atoms with E-state index in [9.17, 15) is 9.59 Å². The second kappa shape index (κ2) is 6.70. The van der Waals surface area contributed by atoms with Gasteiger partial charge in [-0.1, -0.05) is 6.92 Å². The molecule has 0 aromatic rings. The Morgan fingerprint density at radius 1 is 1.22 bits per heavy atom. The molecule has 1 rings (SSSR count). The van der Waals surface area contributed by atoms with Crippen LogP contribution in [0.3, 0.4) is 0 Å². The summed E-state index contributed by atoms with van der Waals surface area (Å²) in [7, 11) is 0. The maximum absolute atomic E-state index is 12.1. The number of amides is 2. The molecular formula is C12H23N3O3. The lowest BCUT2D eigenvalue weighted by atomic mass is 10.0. The second-order valence-corrected chi connectivity index (χ2v) is 4.82. The van der Waals surface area contributed by atoms with E-state index in [1.54, 1.807) is 25.7 Å². The van der Waals surface area contributed by atoms with Crippen LogP contribution in [0.2, 0.25) is 0 Å². The Hall–Kier alpha value is -1.14. The lowest BCUT2D eigenvalue weighted by Crippen LogP contribution is -2.52. The molecular weight excluding hydrogens is 234 g/mol. The van der Waals surface area contributed by atoms with Gasteiger partial charge in [0, 0.05) is 25.0 Å². The van der Waals surface area contributed by atoms with E-state index in [1.807, 2.05) is 0 Å². The summed E-state index contributed by atoms with van der Waals surface area (Å²) in [5, 5.41) is 2.71. The molecule has 0 aromatic carbocycles. The van der Waals surface area contributed by atoms with Crippen LogP contribution in [0, 0.1) is 5.92 Å². The van der Waals surface area contributed by atoms with Crippen molar-refractivity contribution in [1.29, 1.82) is 0 Å². The van der Waals surface area contributed by atoms with E-state index in [4.69, 9.17) is 10.5 Å². The normalized spacial score (nSPS) is 21.0. The number of carbonyl (C=O) groups is 2. The molecule has 3 atom stereocenters. The van der Waals surface area contributed by atoms with Gasteiger partial charge in [0.25, 0.3) is 0 Å². The van der Waals surface area contributed by atoms with E-state index in [1.165, 1.54) is 0 Å². The summed E-state index contributed by atoms with van der Waals surface area (Å²) in [5.74, 6) is -0.549. The van der Waals surface area contributed by atoms with Gasteiger partial charge in [0.15, 0.2) is 0 Å². The quantitative estimate of drug-likeness (QED) is 0.700. The van der Waals surface area contributed by atoms with Crippen LogP contribution in [0.5, 0.6) is 0 Å². The summed E-state index contributed by atoms with van der Waals surface area (Å²) in [5.41, 5.74) is 5.66. The lowest BCUT2D eigenvalue weighted by Gasteiger charge is -2.30. The Balaban J connectivity index is 2.46. The first-order chi connectivity index (χ1) is 8.43. The molecule has 104 valence electrons. The van der Waals surface area contributed by atoms with E-state index in [2.05, 4.69) is 5.32 Å². The molecule has 6 nitrogen and oxygen atoms in total. The zero-order chi connectivity index (χ0) is 13.7. The molecule has 0 spiro atoms. The van der Waals surface area contributed by atoms with E-state index < -0.39 is 6.04 Å². The third kappa shape index (κ3) is 3.96. The number of nitrogens with two attached hydrogens (primary N) is 1. The summed E-state index contributed by atoms with van der Waals surface area (Å²) >= 11 is 0. The minimum atomic E-state index is -0.517. The number of nitrogens with one attached hydrogen (secondary N) is 1. The summed E-state index contributed by atoms with van der Waals surface area (Å²) in [6, 6.07) is -0.743. The fourth-order valence-corrected chi connectivity index (χ4v) is 1.70. The Labute approximate surface area is 108 Å². The standard InChI is InChI=1S/C12H23N3O3/c1-8(9(2)13)11(16)14-10(3)12(17)15-4-6-18-7-5-15/h8-10H,4-7,13H2,1-3H3,(H,14,16). The Morgan fingerprint density at radius 2 is 1.78 bits per heavy atom. The summed E-state index contributed by atoms with van der Waals surface area (Å²) in [6.45, 7) is 7.52. The molecule has 6 heteroatoms. The minimum Gasteiger partial charge on any atom is -0.378 e. The third-order valence-corrected chi connectivity index (χ3v) is 3.25. The molecule has 3 unspecified atom stereocenters. The van der Waals surface area contributed by atoms with Gasteiger partial charge in [-0.3, -0.25) is 9.59 Å². The van der Waals surface area contributed by atoms with Crippen LogP contribution in [0.25, 0.3) is 0 Å². The van der Waals surface area contributed by atoms with Crippen LogP contribution in [0.15, 0.2) is 0 Å². The summed E-state index contributed by atoms with van der Waals surface area (Å²) < 4.78 is 5.18. The fraction of sp³-hybridized carbons (Fsp3) is 0.833. The van der Waals surface area contributed by atoms with Crippen molar-refractivity contribution in [3.8, 4) is 0 Å². The van der Waals surface area contributed by atoms with Gasteiger partial charge in [0.2, 0.25) is 11.8 Å². The van der Waals surface area contributed by atoms with Crippen LogP contribution in [-0.4, -0.2) is 55.1 Å². The highest BCUT2D eigenvalue weighted by molar-refractivity contribution is 5.88. The zero-order valence-corrected chi connectivity index (χ0v) is 11.3. The van der Waals surface area contributed by atoms with Crippen molar-refractivity contribution in [3.05, 3.63) is 0 Å². The van der Waals surface area contributed by atoms with Crippen molar-refractivity contribution in [1.82, 2.24) is 10.2 Å². The van der Waals surface area contributed by atoms with E-state index >= 15 is 0 Å². The molecule has 1 heterocycles. The maximum Gasteiger partial charge on any atom is 0.245 e. The van der Waals surface area contributed by atoms with Gasteiger partial charge in [0.1, 0.15) is 6.04 Å². The van der Waals surface area contributed by atoms with Crippen LogP contribution < -0.4 is 11.1 Å². The summed E-state index contributed by atoms with van der Waals surface area (Å²) in [4.78, 5) is 25.6. The van der Waals surface area contributed by atoms with E-state index in [-0.39, 0.29) is 23.8 Å². The molecule has 1 saturated heterocycles. The van der Waals surface area contributed by atoms with Crippen molar-refractivity contribution in [2.45, 2.75) is 32.9 Å². The third-order valence-electron chi connectivity index (χ3n) is 3.25. The van der Waals surface area contributed by atoms with Crippen LogP contribution >= 0.6 is 0 Å². The number of morpholine rings is 1. The molecule has 1 aliphatic rings. The summed E-state index contributed by atoms with van der Waals surface area (Å²) in [6.07, 6.45) is 0. The monoisotopic (exact) mass is 257 g/mol. The molecule has 2 amide bonds. The highest BCUT2D eigenvalue weighted by Crippen LogP contribution is 2.03. The Kier molecular flexibility index (Phi) is 5.55. The predicted molar refractivity (Wildman–Crippen MR) is 67.8 cm³/mol. The number of nitrogens with zero attached hydrogens (tertiary/aromatic N) is 1. The highest BCUT2D eigenvalue weighted by atomic mass is 16.5. The van der Waals surface area contributed by atoms with Crippen LogP contribution in [0.1, 0.15) is 20.8 Å².